The standard InChI is InChI=1S/C16H19NOS2/c1-2-18-13-5-3-4-11(8-13)16(17)15-9-12-10-19-7-6-14(12)20-15/h3-5,8-9,16H,2,6-7,10,17H2,1H3. The molecule has 1 unspecified atom stereocenters. The van der Waals surface area contributed by atoms with Crippen molar-refractivity contribution in [2.45, 2.75) is 25.1 Å². The summed E-state index contributed by atoms with van der Waals surface area (Å²) in [6, 6.07) is 10.4. The molecule has 0 radical (unpaired) electrons. The number of thiophene rings is 1. The summed E-state index contributed by atoms with van der Waals surface area (Å²) in [5.41, 5.74) is 9.05. The summed E-state index contributed by atoms with van der Waals surface area (Å²) in [5.74, 6) is 3.27. The fourth-order valence-corrected chi connectivity index (χ4v) is 4.86. The number of fused-ring (bicyclic) bond motifs is 1. The van der Waals surface area contributed by atoms with E-state index in [4.69, 9.17) is 10.5 Å². The number of hydrogen-bond acceptors (Lipinski definition) is 4. The lowest BCUT2D eigenvalue weighted by molar-refractivity contribution is 0.340. The highest BCUT2D eigenvalue weighted by Crippen LogP contribution is 2.36. The van der Waals surface area contributed by atoms with Crippen LogP contribution in [0.25, 0.3) is 0 Å². The topological polar surface area (TPSA) is 35.2 Å². The third-order valence-corrected chi connectivity index (χ3v) is 5.81. The van der Waals surface area contributed by atoms with Crippen molar-refractivity contribution in [3.63, 3.8) is 0 Å². The van der Waals surface area contributed by atoms with Gasteiger partial charge in [-0.3, -0.25) is 0 Å². The summed E-state index contributed by atoms with van der Waals surface area (Å²) in [6.07, 6.45) is 1.19. The Hall–Kier alpha value is -0.970. The summed E-state index contributed by atoms with van der Waals surface area (Å²) >= 11 is 3.89. The summed E-state index contributed by atoms with van der Waals surface area (Å²) in [4.78, 5) is 2.79. The second-order valence-electron chi connectivity index (χ2n) is 4.88. The van der Waals surface area contributed by atoms with E-state index in [1.54, 1.807) is 0 Å². The fraction of sp³-hybridized carbons (Fsp3) is 0.375. The molecule has 2 heterocycles. The van der Waals surface area contributed by atoms with E-state index in [0.717, 1.165) is 17.1 Å². The summed E-state index contributed by atoms with van der Waals surface area (Å²) in [5, 5.41) is 0. The maximum absolute atomic E-state index is 6.44. The molecule has 1 aliphatic heterocycles. The van der Waals surface area contributed by atoms with Crippen molar-refractivity contribution in [2.24, 2.45) is 5.73 Å². The Morgan fingerprint density at radius 3 is 3.05 bits per heavy atom. The van der Waals surface area contributed by atoms with Crippen LogP contribution in [0.4, 0.5) is 0 Å². The van der Waals surface area contributed by atoms with E-state index in [9.17, 15) is 0 Å². The van der Waals surface area contributed by atoms with Crippen LogP contribution in [-0.2, 0) is 12.2 Å². The van der Waals surface area contributed by atoms with Crippen molar-refractivity contribution in [3.05, 3.63) is 51.2 Å². The van der Waals surface area contributed by atoms with Gasteiger partial charge in [-0.2, -0.15) is 11.8 Å². The van der Waals surface area contributed by atoms with Crippen molar-refractivity contribution in [2.75, 3.05) is 12.4 Å². The molecule has 20 heavy (non-hydrogen) atoms. The van der Waals surface area contributed by atoms with Gasteiger partial charge < -0.3 is 10.5 Å². The normalized spacial score (nSPS) is 15.7. The first-order valence-electron chi connectivity index (χ1n) is 6.95. The molecule has 0 spiro atoms. The van der Waals surface area contributed by atoms with Gasteiger partial charge in [-0.15, -0.1) is 11.3 Å². The molecule has 1 aromatic heterocycles. The van der Waals surface area contributed by atoms with Gasteiger partial charge in [0.05, 0.1) is 12.6 Å². The highest BCUT2D eigenvalue weighted by Gasteiger charge is 2.18. The fourth-order valence-electron chi connectivity index (χ4n) is 2.45. The summed E-state index contributed by atoms with van der Waals surface area (Å²) in [7, 11) is 0. The lowest BCUT2D eigenvalue weighted by Gasteiger charge is -2.12. The first-order chi connectivity index (χ1) is 9.78. The quantitative estimate of drug-likeness (QED) is 0.928. The Morgan fingerprint density at radius 1 is 1.35 bits per heavy atom. The molecule has 3 rings (SSSR count). The third kappa shape index (κ3) is 2.87. The first kappa shape index (κ1) is 14.0. The predicted molar refractivity (Wildman–Crippen MR) is 87.8 cm³/mol. The number of nitrogens with two attached hydrogens (primary N) is 1. The van der Waals surface area contributed by atoms with E-state index < -0.39 is 0 Å². The van der Waals surface area contributed by atoms with Crippen molar-refractivity contribution in [1.82, 2.24) is 0 Å². The van der Waals surface area contributed by atoms with Gasteiger partial charge in [0.25, 0.3) is 0 Å². The molecular weight excluding hydrogens is 286 g/mol. The molecule has 1 aromatic carbocycles. The number of aryl methyl sites for hydroxylation is 1. The Balaban J connectivity index is 1.86. The molecule has 0 bridgehead atoms. The van der Waals surface area contributed by atoms with Crippen LogP contribution < -0.4 is 10.5 Å². The van der Waals surface area contributed by atoms with E-state index in [1.165, 1.54) is 27.5 Å². The van der Waals surface area contributed by atoms with Crippen LogP contribution >= 0.6 is 23.1 Å². The van der Waals surface area contributed by atoms with E-state index in [-0.39, 0.29) is 6.04 Å². The molecule has 2 nitrogen and oxygen atoms in total. The van der Waals surface area contributed by atoms with Gasteiger partial charge in [-0.25, -0.2) is 0 Å². The summed E-state index contributed by atoms with van der Waals surface area (Å²) < 4.78 is 5.56. The maximum atomic E-state index is 6.44. The number of rotatable bonds is 4. The molecule has 0 saturated heterocycles. The van der Waals surface area contributed by atoms with E-state index in [1.807, 2.05) is 42.2 Å². The van der Waals surface area contributed by atoms with Gasteiger partial charge in [0.2, 0.25) is 0 Å². The second-order valence-corrected chi connectivity index (χ2v) is 7.16. The highest BCUT2D eigenvalue weighted by atomic mass is 32.2. The average molecular weight is 305 g/mol. The molecule has 0 saturated carbocycles. The maximum Gasteiger partial charge on any atom is 0.119 e. The Bertz CT molecular complexity index is 570. The molecule has 2 aromatic rings. The number of thioether (sulfide) groups is 1. The molecule has 1 atom stereocenters. The lowest BCUT2D eigenvalue weighted by atomic mass is 10.1. The SMILES string of the molecule is CCOc1cccc(C(N)c2cc3c(s2)CCSC3)c1. The van der Waals surface area contributed by atoms with Crippen LogP contribution in [-0.4, -0.2) is 12.4 Å². The highest BCUT2D eigenvalue weighted by molar-refractivity contribution is 7.98. The third-order valence-electron chi connectivity index (χ3n) is 3.48. The summed E-state index contributed by atoms with van der Waals surface area (Å²) in [6.45, 7) is 2.68. The zero-order chi connectivity index (χ0) is 13.9. The van der Waals surface area contributed by atoms with Crippen molar-refractivity contribution < 1.29 is 4.74 Å². The molecule has 4 heteroatoms. The van der Waals surface area contributed by atoms with Crippen molar-refractivity contribution in [1.29, 1.82) is 0 Å². The van der Waals surface area contributed by atoms with Crippen LogP contribution in [0.3, 0.4) is 0 Å². The number of benzene rings is 1. The van der Waals surface area contributed by atoms with Crippen LogP contribution in [0.5, 0.6) is 5.75 Å². The number of ether oxygens (including phenoxy) is 1. The molecule has 2 N–H and O–H groups in total. The van der Waals surface area contributed by atoms with Gasteiger partial charge in [0.1, 0.15) is 5.75 Å². The minimum Gasteiger partial charge on any atom is -0.494 e. The van der Waals surface area contributed by atoms with Crippen LogP contribution in [0.15, 0.2) is 30.3 Å². The van der Waals surface area contributed by atoms with E-state index >= 15 is 0 Å². The lowest BCUT2D eigenvalue weighted by Crippen LogP contribution is -2.10. The molecule has 1 aliphatic rings. The van der Waals surface area contributed by atoms with Crippen LogP contribution in [0.1, 0.15) is 33.8 Å². The Morgan fingerprint density at radius 2 is 2.25 bits per heavy atom. The van der Waals surface area contributed by atoms with Gasteiger partial charge in [-0.05, 0) is 48.4 Å². The van der Waals surface area contributed by atoms with Gasteiger partial charge in [0, 0.05) is 15.5 Å². The smallest absolute Gasteiger partial charge is 0.119 e. The minimum atomic E-state index is -0.0454. The molecular formula is C16H19NOS2. The molecule has 106 valence electrons. The van der Waals surface area contributed by atoms with Gasteiger partial charge >= 0.3 is 0 Å². The predicted octanol–water partition coefficient (Wildman–Crippen LogP) is 3.98. The number of hydrogen-bond donors (Lipinski definition) is 1. The van der Waals surface area contributed by atoms with Crippen molar-refractivity contribution >= 4 is 23.1 Å². The zero-order valence-electron chi connectivity index (χ0n) is 11.6. The monoisotopic (exact) mass is 305 g/mol. The van der Waals surface area contributed by atoms with E-state index in [0.29, 0.717) is 6.61 Å². The minimum absolute atomic E-state index is 0.0454. The Kier molecular flexibility index (Phi) is 4.34. The largest absolute Gasteiger partial charge is 0.494 e. The van der Waals surface area contributed by atoms with E-state index in [2.05, 4.69) is 18.2 Å². The molecule has 0 fully saturated rings. The van der Waals surface area contributed by atoms with Crippen LogP contribution in [0, 0.1) is 0 Å². The molecule has 0 amide bonds. The Labute approximate surface area is 128 Å². The second kappa shape index (κ2) is 6.20. The first-order valence-corrected chi connectivity index (χ1v) is 8.92. The van der Waals surface area contributed by atoms with Crippen LogP contribution in [0.2, 0.25) is 0 Å². The van der Waals surface area contributed by atoms with Gasteiger partial charge in [0.15, 0.2) is 0 Å². The average Bonchev–Trinajstić information content (AvgIpc) is 2.91. The van der Waals surface area contributed by atoms with Gasteiger partial charge in [-0.1, -0.05) is 12.1 Å². The van der Waals surface area contributed by atoms with Crippen molar-refractivity contribution in [3.8, 4) is 5.75 Å². The molecule has 0 aliphatic carbocycles. The zero-order valence-corrected chi connectivity index (χ0v) is 13.2.